The number of ether oxygens (including phenoxy) is 1. The number of aliphatic hydroxyl groups excluding tert-OH is 1. The maximum atomic E-state index is 10.7. The van der Waals surface area contributed by atoms with Crippen LogP contribution in [-0.2, 0) is 13.1 Å². The average molecular weight is 388 g/mol. The van der Waals surface area contributed by atoms with Crippen LogP contribution in [0.3, 0.4) is 0 Å². The van der Waals surface area contributed by atoms with Crippen molar-refractivity contribution in [3.05, 3.63) is 90.5 Å². The summed E-state index contributed by atoms with van der Waals surface area (Å²) in [5.74, 6) is 0.840. The lowest BCUT2D eigenvalue weighted by atomic mass is 10.1. The molecule has 3 aromatic carbocycles. The number of rotatable bonds is 8. The molecule has 0 amide bonds. The number of benzene rings is 3. The second kappa shape index (κ2) is 8.95. The third-order valence-electron chi connectivity index (χ3n) is 5.25. The summed E-state index contributed by atoms with van der Waals surface area (Å²) in [5.41, 5.74) is 4.63. The van der Waals surface area contributed by atoms with Crippen molar-refractivity contribution in [2.45, 2.75) is 19.2 Å². The van der Waals surface area contributed by atoms with Crippen LogP contribution in [0.1, 0.15) is 5.56 Å². The molecule has 4 rings (SSSR count). The monoisotopic (exact) mass is 387 g/mol. The van der Waals surface area contributed by atoms with E-state index < -0.39 is 6.10 Å². The summed E-state index contributed by atoms with van der Waals surface area (Å²) in [6.07, 6.45) is -0.438. The number of aromatic nitrogens is 1. The van der Waals surface area contributed by atoms with E-state index in [1.165, 1.54) is 10.9 Å². The lowest BCUT2D eigenvalue weighted by molar-refractivity contribution is -0.676. The Morgan fingerprint density at radius 1 is 0.931 bits per heavy atom. The van der Waals surface area contributed by atoms with Crippen molar-refractivity contribution in [3.63, 3.8) is 0 Å². The second-order valence-corrected chi connectivity index (χ2v) is 7.30. The fraction of sp³-hybridized carbons (Fsp3) is 0.200. The molecule has 0 fully saturated rings. The van der Waals surface area contributed by atoms with Gasteiger partial charge in [-0.3, -0.25) is 0 Å². The molecule has 0 radical (unpaired) electrons. The predicted octanol–water partition coefficient (Wildman–Crippen LogP) is 3.44. The van der Waals surface area contributed by atoms with E-state index in [4.69, 9.17) is 4.74 Å². The van der Waals surface area contributed by atoms with Gasteiger partial charge in [0.25, 0.3) is 0 Å². The quantitative estimate of drug-likeness (QED) is 0.487. The summed E-state index contributed by atoms with van der Waals surface area (Å²) in [4.78, 5) is 0. The van der Waals surface area contributed by atoms with Crippen molar-refractivity contribution in [1.82, 2.24) is 4.57 Å². The number of quaternary nitrogens is 1. The second-order valence-electron chi connectivity index (χ2n) is 7.30. The highest BCUT2D eigenvalue weighted by atomic mass is 16.5. The fourth-order valence-electron chi connectivity index (χ4n) is 3.75. The number of para-hydroxylation sites is 1. The Balaban J connectivity index is 1.53. The first kappa shape index (κ1) is 19.2. The zero-order valence-corrected chi connectivity index (χ0v) is 16.7. The van der Waals surface area contributed by atoms with Gasteiger partial charge in [0.15, 0.2) is 0 Å². The molecule has 1 aromatic heterocycles. The number of hydrogen-bond donors (Lipinski definition) is 2. The third kappa shape index (κ3) is 4.50. The van der Waals surface area contributed by atoms with E-state index in [2.05, 4.69) is 58.4 Å². The summed E-state index contributed by atoms with van der Waals surface area (Å²) >= 11 is 0. The van der Waals surface area contributed by atoms with Gasteiger partial charge in [0.05, 0.1) is 13.7 Å². The lowest BCUT2D eigenvalue weighted by Gasteiger charge is -2.15. The van der Waals surface area contributed by atoms with Gasteiger partial charge in [-0.1, -0.05) is 48.5 Å². The van der Waals surface area contributed by atoms with Gasteiger partial charge in [-0.2, -0.15) is 0 Å². The van der Waals surface area contributed by atoms with Crippen molar-refractivity contribution in [2.24, 2.45) is 0 Å². The van der Waals surface area contributed by atoms with Crippen molar-refractivity contribution < 1.29 is 15.2 Å². The molecule has 1 heterocycles. The standard InChI is InChI=1S/C25H26N2O2/c1-29-23-13-11-20(12-14-23)25-15-21-9-5-6-10-24(21)27(25)18-22(28)17-26-16-19-7-3-2-4-8-19/h2-15,22,26,28H,16-18H2,1H3/p+1/t22-/m1/s1. The molecule has 0 aliphatic heterocycles. The Hall–Kier alpha value is -3.08. The number of methoxy groups -OCH3 is 1. The Bertz CT molecular complexity index is 1060. The molecule has 0 bridgehead atoms. The Labute approximate surface area is 171 Å². The first-order valence-electron chi connectivity index (χ1n) is 10.0. The first-order chi connectivity index (χ1) is 14.2. The fourth-order valence-corrected chi connectivity index (χ4v) is 3.75. The number of nitrogens with zero attached hydrogens (tertiary/aromatic N) is 1. The van der Waals surface area contributed by atoms with E-state index in [-0.39, 0.29) is 0 Å². The molecule has 0 saturated carbocycles. The SMILES string of the molecule is COc1ccc(-c2cc3ccccc3n2C[C@H](O)C[NH2+]Cc2ccccc2)cc1. The van der Waals surface area contributed by atoms with Crippen molar-refractivity contribution >= 4 is 10.9 Å². The van der Waals surface area contributed by atoms with Crippen molar-refractivity contribution in [3.8, 4) is 17.0 Å². The van der Waals surface area contributed by atoms with Crippen LogP contribution in [-0.4, -0.2) is 29.4 Å². The van der Waals surface area contributed by atoms with Gasteiger partial charge in [-0.05, 0) is 42.0 Å². The van der Waals surface area contributed by atoms with Gasteiger partial charge < -0.3 is 19.7 Å². The van der Waals surface area contributed by atoms with Gasteiger partial charge in [0, 0.05) is 22.2 Å². The molecular formula is C25H27N2O2+. The largest absolute Gasteiger partial charge is 0.497 e. The van der Waals surface area contributed by atoms with Crippen LogP contribution in [0.4, 0.5) is 0 Å². The van der Waals surface area contributed by atoms with Gasteiger partial charge in [0.2, 0.25) is 0 Å². The average Bonchev–Trinajstić information content (AvgIpc) is 3.13. The van der Waals surface area contributed by atoms with Gasteiger partial charge >= 0.3 is 0 Å². The summed E-state index contributed by atoms with van der Waals surface area (Å²) in [5, 5.41) is 14.1. The first-order valence-corrected chi connectivity index (χ1v) is 10.0. The molecule has 29 heavy (non-hydrogen) atoms. The van der Waals surface area contributed by atoms with E-state index in [9.17, 15) is 5.11 Å². The smallest absolute Gasteiger partial charge is 0.121 e. The normalized spacial score (nSPS) is 12.2. The van der Waals surface area contributed by atoms with E-state index in [1.54, 1.807) is 7.11 Å². The topological polar surface area (TPSA) is 51.0 Å². The molecule has 0 aliphatic rings. The van der Waals surface area contributed by atoms with Crippen LogP contribution in [0.25, 0.3) is 22.2 Å². The highest BCUT2D eigenvalue weighted by Crippen LogP contribution is 2.29. The predicted molar refractivity (Wildman–Crippen MR) is 117 cm³/mol. The number of nitrogens with two attached hydrogens (primary N) is 1. The van der Waals surface area contributed by atoms with Crippen LogP contribution < -0.4 is 10.1 Å². The van der Waals surface area contributed by atoms with Crippen LogP contribution in [0.15, 0.2) is 84.9 Å². The maximum absolute atomic E-state index is 10.7. The highest BCUT2D eigenvalue weighted by molar-refractivity contribution is 5.87. The molecule has 0 aliphatic carbocycles. The van der Waals surface area contributed by atoms with Gasteiger partial charge in [-0.15, -0.1) is 0 Å². The highest BCUT2D eigenvalue weighted by Gasteiger charge is 2.15. The van der Waals surface area contributed by atoms with Crippen molar-refractivity contribution in [1.29, 1.82) is 0 Å². The van der Waals surface area contributed by atoms with E-state index >= 15 is 0 Å². The van der Waals surface area contributed by atoms with Gasteiger partial charge in [-0.25, -0.2) is 0 Å². The molecule has 1 atom stereocenters. The maximum Gasteiger partial charge on any atom is 0.121 e. The molecule has 148 valence electrons. The molecule has 3 N–H and O–H groups in total. The summed E-state index contributed by atoms with van der Waals surface area (Å²) in [7, 11) is 1.67. The summed E-state index contributed by atoms with van der Waals surface area (Å²) in [6.45, 7) is 2.08. The Morgan fingerprint density at radius 2 is 1.66 bits per heavy atom. The minimum atomic E-state index is -0.438. The van der Waals surface area contributed by atoms with Crippen LogP contribution in [0.2, 0.25) is 0 Å². The molecule has 4 aromatic rings. The molecule has 4 heteroatoms. The molecule has 4 nitrogen and oxygen atoms in total. The Kier molecular flexibility index (Phi) is 5.94. The van der Waals surface area contributed by atoms with Crippen LogP contribution in [0, 0.1) is 0 Å². The molecule has 0 saturated heterocycles. The number of aliphatic hydroxyl groups is 1. The summed E-state index contributed by atoms with van der Waals surface area (Å²) in [6, 6.07) is 29.0. The van der Waals surface area contributed by atoms with Crippen molar-refractivity contribution in [2.75, 3.05) is 13.7 Å². The van der Waals surface area contributed by atoms with E-state index in [0.717, 1.165) is 29.1 Å². The minimum absolute atomic E-state index is 0.438. The minimum Gasteiger partial charge on any atom is -0.497 e. The zero-order chi connectivity index (χ0) is 20.1. The molecular weight excluding hydrogens is 360 g/mol. The van der Waals surface area contributed by atoms with Crippen LogP contribution in [0.5, 0.6) is 5.75 Å². The molecule has 0 spiro atoms. The van der Waals surface area contributed by atoms with Gasteiger partial charge in [0.1, 0.15) is 24.9 Å². The Morgan fingerprint density at radius 3 is 2.41 bits per heavy atom. The van der Waals surface area contributed by atoms with Crippen LogP contribution >= 0.6 is 0 Å². The number of fused-ring (bicyclic) bond motifs is 1. The lowest BCUT2D eigenvalue weighted by Crippen LogP contribution is -2.85. The number of hydrogen-bond acceptors (Lipinski definition) is 2. The van der Waals surface area contributed by atoms with E-state index in [1.807, 2.05) is 36.4 Å². The zero-order valence-electron chi connectivity index (χ0n) is 16.7. The summed E-state index contributed by atoms with van der Waals surface area (Å²) < 4.78 is 7.51. The van der Waals surface area contributed by atoms with E-state index in [0.29, 0.717) is 13.1 Å². The third-order valence-corrected chi connectivity index (χ3v) is 5.25. The molecule has 0 unspecified atom stereocenters.